The van der Waals surface area contributed by atoms with Gasteiger partial charge in [-0.15, -0.1) is 11.3 Å². The highest BCUT2D eigenvalue weighted by Gasteiger charge is 2.16. The number of hydrogen-bond acceptors (Lipinski definition) is 6. The summed E-state index contributed by atoms with van der Waals surface area (Å²) in [5.41, 5.74) is 0.642. The van der Waals surface area contributed by atoms with Crippen LogP contribution in [0, 0.1) is 0 Å². The van der Waals surface area contributed by atoms with E-state index in [0.29, 0.717) is 0 Å². The number of aliphatic carboxylic acids is 2. The van der Waals surface area contributed by atoms with Gasteiger partial charge in [-0.05, 0) is 5.56 Å². The van der Waals surface area contributed by atoms with E-state index >= 15 is 0 Å². The summed E-state index contributed by atoms with van der Waals surface area (Å²) in [4.78, 5) is 37.5. The number of ether oxygens (including phenoxy) is 1. The molecule has 0 bridgehead atoms. The number of nitrogens with one attached hydrogen (secondary N) is 1. The average Bonchev–Trinajstić information content (AvgIpc) is 3.01. The Bertz CT molecular complexity index is 800. The number of hydrogen-bond donors (Lipinski definition) is 3. The molecule has 0 saturated carbocycles. The number of thiazole rings is 1. The maximum atomic E-state index is 11.7. The minimum Gasteiger partial charge on any atom is -0.481 e. The lowest BCUT2D eigenvalue weighted by Crippen LogP contribution is -2.13. The monoisotopic (exact) mass is 362 g/mol. The Morgan fingerprint density at radius 1 is 1.20 bits per heavy atom. The molecule has 1 heterocycles. The van der Waals surface area contributed by atoms with Gasteiger partial charge in [0.15, 0.2) is 5.13 Å². The van der Waals surface area contributed by atoms with Crippen LogP contribution in [0.4, 0.5) is 9.93 Å². The summed E-state index contributed by atoms with van der Waals surface area (Å²) in [5.74, 6) is -2.46. The van der Waals surface area contributed by atoms with E-state index < -0.39 is 24.5 Å². The van der Waals surface area contributed by atoms with Gasteiger partial charge < -0.3 is 14.9 Å². The fraction of sp³-hybridized carbons (Fsp3) is 0.125. The maximum absolute atomic E-state index is 11.7. The van der Waals surface area contributed by atoms with Crippen molar-refractivity contribution in [1.82, 2.24) is 4.98 Å². The molecule has 2 aromatic rings. The van der Waals surface area contributed by atoms with Crippen LogP contribution in [0.25, 0.3) is 5.57 Å². The Morgan fingerprint density at radius 3 is 2.56 bits per heavy atom. The van der Waals surface area contributed by atoms with Gasteiger partial charge >= 0.3 is 18.0 Å². The smallest absolute Gasteiger partial charge is 0.413 e. The van der Waals surface area contributed by atoms with Crippen LogP contribution in [0.5, 0.6) is 0 Å². The number of benzene rings is 1. The summed E-state index contributed by atoms with van der Waals surface area (Å²) in [6.07, 6.45) is -0.116. The number of aromatic nitrogens is 1. The van der Waals surface area contributed by atoms with Crippen molar-refractivity contribution in [2.45, 2.75) is 13.0 Å². The van der Waals surface area contributed by atoms with Gasteiger partial charge in [-0.1, -0.05) is 36.4 Å². The van der Waals surface area contributed by atoms with Crippen LogP contribution in [-0.2, 0) is 20.9 Å². The number of rotatable bonds is 7. The van der Waals surface area contributed by atoms with Crippen LogP contribution < -0.4 is 5.32 Å². The van der Waals surface area contributed by atoms with E-state index in [1.54, 1.807) is 12.1 Å². The molecule has 9 heteroatoms. The van der Waals surface area contributed by atoms with Gasteiger partial charge in [-0.3, -0.25) is 10.1 Å². The summed E-state index contributed by atoms with van der Waals surface area (Å²) in [6.45, 7) is 0.0871. The molecule has 0 aliphatic heterocycles. The van der Waals surface area contributed by atoms with Gasteiger partial charge in [0, 0.05) is 5.38 Å². The molecule has 0 atom stereocenters. The molecule has 0 spiro atoms. The lowest BCUT2D eigenvalue weighted by atomic mass is 10.2. The van der Waals surface area contributed by atoms with E-state index in [1.807, 2.05) is 18.2 Å². The Kier molecular flexibility index (Phi) is 6.24. The molecule has 1 aromatic heterocycles. The van der Waals surface area contributed by atoms with E-state index in [2.05, 4.69) is 10.3 Å². The fourth-order valence-corrected chi connectivity index (χ4v) is 2.49. The Morgan fingerprint density at radius 2 is 1.92 bits per heavy atom. The number of carbonyl (C=O) groups excluding carboxylic acids is 1. The van der Waals surface area contributed by atoms with Crippen molar-refractivity contribution in [3.05, 3.63) is 53.0 Å². The van der Waals surface area contributed by atoms with Gasteiger partial charge in [-0.25, -0.2) is 14.6 Å². The lowest BCUT2D eigenvalue weighted by Gasteiger charge is -2.04. The summed E-state index contributed by atoms with van der Waals surface area (Å²) in [7, 11) is 0. The third-order valence-electron chi connectivity index (χ3n) is 2.91. The Balaban J connectivity index is 1.97. The van der Waals surface area contributed by atoms with Crippen LogP contribution in [0.2, 0.25) is 0 Å². The number of carboxylic acid groups (broad SMARTS) is 2. The second kappa shape index (κ2) is 8.60. The number of carboxylic acids is 2. The average molecular weight is 362 g/mol. The van der Waals surface area contributed by atoms with Crippen molar-refractivity contribution < 1.29 is 29.3 Å². The van der Waals surface area contributed by atoms with Crippen molar-refractivity contribution >= 4 is 40.1 Å². The summed E-state index contributed by atoms with van der Waals surface area (Å²) in [5, 5.41) is 21.7. The summed E-state index contributed by atoms with van der Waals surface area (Å²) in [6, 6.07) is 9.10. The first-order chi connectivity index (χ1) is 12.0. The maximum Gasteiger partial charge on any atom is 0.413 e. The highest BCUT2D eigenvalue weighted by molar-refractivity contribution is 7.14. The zero-order chi connectivity index (χ0) is 18.2. The molecule has 0 aliphatic rings. The molecule has 1 amide bonds. The number of anilines is 1. The first-order valence-corrected chi connectivity index (χ1v) is 7.92. The summed E-state index contributed by atoms with van der Waals surface area (Å²) >= 11 is 1.00. The molecule has 0 fully saturated rings. The minimum atomic E-state index is -1.30. The number of amides is 1. The topological polar surface area (TPSA) is 126 Å². The molecular formula is C16H14N2O6S. The molecule has 130 valence electrons. The Hall–Kier alpha value is -3.20. The molecule has 0 unspecified atom stereocenters. The normalized spacial score (nSPS) is 11.0. The quantitative estimate of drug-likeness (QED) is 0.647. The molecule has 2 rings (SSSR count). The van der Waals surface area contributed by atoms with Crippen LogP contribution in [0.3, 0.4) is 0 Å². The third kappa shape index (κ3) is 5.74. The van der Waals surface area contributed by atoms with E-state index in [-0.39, 0.29) is 23.0 Å². The zero-order valence-corrected chi connectivity index (χ0v) is 13.7. The van der Waals surface area contributed by atoms with Crippen LogP contribution in [0.15, 0.2) is 41.8 Å². The largest absolute Gasteiger partial charge is 0.481 e. The molecule has 0 radical (unpaired) electrons. The first kappa shape index (κ1) is 18.1. The van der Waals surface area contributed by atoms with Crippen LogP contribution in [-0.4, -0.2) is 33.2 Å². The second-order valence-corrected chi connectivity index (χ2v) is 5.60. The molecule has 8 nitrogen and oxygen atoms in total. The van der Waals surface area contributed by atoms with Gasteiger partial charge in [0.2, 0.25) is 0 Å². The zero-order valence-electron chi connectivity index (χ0n) is 12.8. The van der Waals surface area contributed by atoms with Gasteiger partial charge in [-0.2, -0.15) is 0 Å². The highest BCUT2D eigenvalue weighted by Crippen LogP contribution is 2.22. The highest BCUT2D eigenvalue weighted by atomic mass is 32.1. The predicted molar refractivity (Wildman–Crippen MR) is 90.2 cm³/mol. The number of nitrogens with zero attached hydrogens (tertiary/aromatic N) is 1. The van der Waals surface area contributed by atoms with Gasteiger partial charge in [0.25, 0.3) is 0 Å². The predicted octanol–water partition coefficient (Wildman–Crippen LogP) is 2.83. The minimum absolute atomic E-state index is 0.0668. The van der Waals surface area contributed by atoms with Crippen molar-refractivity contribution in [3.8, 4) is 0 Å². The lowest BCUT2D eigenvalue weighted by molar-refractivity contribution is -0.136. The van der Waals surface area contributed by atoms with Crippen molar-refractivity contribution in [1.29, 1.82) is 0 Å². The fourth-order valence-electron chi connectivity index (χ4n) is 1.79. The SMILES string of the molecule is O=C(O)C/C=C(\C(=O)O)c1csc(NC(=O)OCc2ccccc2)n1. The standard InChI is InChI=1S/C16H14N2O6S/c19-13(20)7-6-11(14(21)22)12-9-25-15(17-12)18-16(23)24-8-10-4-2-1-3-5-10/h1-6,9H,7-8H2,(H,19,20)(H,21,22)(H,17,18,23)/b11-6-. The van der Waals surface area contributed by atoms with E-state index in [9.17, 15) is 14.4 Å². The van der Waals surface area contributed by atoms with Crippen LogP contribution >= 0.6 is 11.3 Å². The molecular weight excluding hydrogens is 348 g/mol. The molecule has 25 heavy (non-hydrogen) atoms. The van der Waals surface area contributed by atoms with Crippen LogP contribution in [0.1, 0.15) is 17.7 Å². The first-order valence-electron chi connectivity index (χ1n) is 7.04. The van der Waals surface area contributed by atoms with Gasteiger partial charge in [0.1, 0.15) is 6.61 Å². The molecule has 0 saturated heterocycles. The molecule has 3 N–H and O–H groups in total. The summed E-state index contributed by atoms with van der Waals surface area (Å²) < 4.78 is 5.04. The van der Waals surface area contributed by atoms with E-state index in [1.165, 1.54) is 5.38 Å². The van der Waals surface area contributed by atoms with E-state index in [4.69, 9.17) is 14.9 Å². The van der Waals surface area contributed by atoms with Crippen molar-refractivity contribution in [2.24, 2.45) is 0 Å². The van der Waals surface area contributed by atoms with Crippen molar-refractivity contribution in [3.63, 3.8) is 0 Å². The van der Waals surface area contributed by atoms with E-state index in [0.717, 1.165) is 23.0 Å². The van der Waals surface area contributed by atoms with Crippen molar-refractivity contribution in [2.75, 3.05) is 5.32 Å². The second-order valence-electron chi connectivity index (χ2n) is 4.75. The van der Waals surface area contributed by atoms with Gasteiger partial charge in [0.05, 0.1) is 17.7 Å². The number of carbonyl (C=O) groups is 3. The third-order valence-corrected chi connectivity index (χ3v) is 3.67. The Labute approximate surface area is 146 Å². The molecule has 1 aromatic carbocycles. The molecule has 0 aliphatic carbocycles.